The van der Waals surface area contributed by atoms with E-state index in [-0.39, 0.29) is 40.9 Å². The lowest BCUT2D eigenvalue weighted by Gasteiger charge is -2.39. The normalized spacial score (nSPS) is 17.3. The van der Waals surface area contributed by atoms with Crippen LogP contribution in [0.15, 0.2) is 40.8 Å². The van der Waals surface area contributed by atoms with Crippen molar-refractivity contribution in [1.29, 1.82) is 0 Å². The SMILES string of the molecule is CCCOP(=O)(OCCC)C1=C(c2cccc([N+](=O)[O-])c2)C(C(=O)O)=C(C)N(C)C1C. The highest BCUT2D eigenvalue weighted by atomic mass is 31.2. The summed E-state index contributed by atoms with van der Waals surface area (Å²) < 4.78 is 25.5. The summed E-state index contributed by atoms with van der Waals surface area (Å²) >= 11 is 0. The van der Waals surface area contributed by atoms with Gasteiger partial charge >= 0.3 is 13.6 Å². The van der Waals surface area contributed by atoms with E-state index in [1.165, 1.54) is 18.2 Å². The summed E-state index contributed by atoms with van der Waals surface area (Å²) in [4.78, 5) is 24.8. The summed E-state index contributed by atoms with van der Waals surface area (Å²) in [6.07, 6.45) is 1.17. The zero-order valence-corrected chi connectivity index (χ0v) is 19.3. The number of hydrogen-bond donors (Lipinski definition) is 1. The average Bonchev–Trinajstić information content (AvgIpc) is 2.74. The van der Waals surface area contributed by atoms with E-state index in [1.807, 2.05) is 13.8 Å². The number of carbonyl (C=O) groups is 1. The second-order valence-corrected chi connectivity index (χ2v) is 9.28. The summed E-state index contributed by atoms with van der Waals surface area (Å²) in [6, 6.07) is 5.13. The second kappa shape index (κ2) is 10.2. The number of carboxylic acid groups (broad SMARTS) is 1. The number of allylic oxidation sites excluding steroid dienone is 1. The van der Waals surface area contributed by atoms with Crippen LogP contribution in [0, 0.1) is 10.1 Å². The van der Waals surface area contributed by atoms with Crippen molar-refractivity contribution in [2.75, 3.05) is 20.3 Å². The van der Waals surface area contributed by atoms with Gasteiger partial charge in [0, 0.05) is 30.5 Å². The number of non-ortho nitro benzene ring substituents is 1. The van der Waals surface area contributed by atoms with Crippen LogP contribution in [0.1, 0.15) is 46.1 Å². The molecule has 1 unspecified atom stereocenters. The van der Waals surface area contributed by atoms with Crippen molar-refractivity contribution in [3.63, 3.8) is 0 Å². The van der Waals surface area contributed by atoms with E-state index in [9.17, 15) is 24.6 Å². The first-order chi connectivity index (χ1) is 14.6. The van der Waals surface area contributed by atoms with Crippen molar-refractivity contribution < 1.29 is 28.4 Å². The third-order valence-corrected chi connectivity index (χ3v) is 7.39. The van der Waals surface area contributed by atoms with Crippen LogP contribution in [0.25, 0.3) is 5.57 Å². The van der Waals surface area contributed by atoms with Crippen molar-refractivity contribution in [3.8, 4) is 0 Å². The van der Waals surface area contributed by atoms with Gasteiger partial charge in [-0.25, -0.2) is 4.79 Å². The maximum absolute atomic E-state index is 14.0. The predicted molar refractivity (Wildman–Crippen MR) is 118 cm³/mol. The van der Waals surface area contributed by atoms with Crippen LogP contribution >= 0.6 is 7.60 Å². The molecule has 1 aromatic rings. The topological polar surface area (TPSA) is 119 Å². The average molecular weight is 452 g/mol. The molecule has 2 rings (SSSR count). The first-order valence-corrected chi connectivity index (χ1v) is 11.7. The van der Waals surface area contributed by atoms with Crippen molar-refractivity contribution in [3.05, 3.63) is 56.5 Å². The number of nitro benzene ring substituents is 1. The molecule has 1 atom stereocenters. The summed E-state index contributed by atoms with van der Waals surface area (Å²) in [7, 11) is -2.21. The number of hydrogen-bond acceptors (Lipinski definition) is 7. The highest BCUT2D eigenvalue weighted by Gasteiger charge is 2.44. The fourth-order valence-electron chi connectivity index (χ4n) is 3.46. The largest absolute Gasteiger partial charge is 0.478 e. The first-order valence-electron chi connectivity index (χ1n) is 10.1. The fraction of sp³-hybridized carbons (Fsp3) is 0.476. The lowest BCUT2D eigenvalue weighted by molar-refractivity contribution is -0.384. The zero-order chi connectivity index (χ0) is 23.3. The summed E-state index contributed by atoms with van der Waals surface area (Å²) in [5.74, 6) is -1.23. The Bertz CT molecular complexity index is 958. The molecule has 0 saturated heterocycles. The van der Waals surface area contributed by atoms with Gasteiger partial charge in [-0.1, -0.05) is 26.0 Å². The molecule has 0 bridgehead atoms. The minimum absolute atomic E-state index is 0.0866. The zero-order valence-electron chi connectivity index (χ0n) is 18.5. The Morgan fingerprint density at radius 1 is 1.26 bits per heavy atom. The Kier molecular flexibility index (Phi) is 8.17. The second-order valence-electron chi connectivity index (χ2n) is 7.28. The van der Waals surface area contributed by atoms with Gasteiger partial charge in [-0.2, -0.15) is 0 Å². The maximum atomic E-state index is 14.0. The molecule has 10 heteroatoms. The van der Waals surface area contributed by atoms with E-state index in [2.05, 4.69) is 0 Å². The first kappa shape index (κ1) is 24.8. The Morgan fingerprint density at radius 3 is 2.32 bits per heavy atom. The van der Waals surface area contributed by atoms with E-state index < -0.39 is 24.5 Å². The van der Waals surface area contributed by atoms with Gasteiger partial charge in [0.25, 0.3) is 5.69 Å². The Hall–Kier alpha value is -2.48. The van der Waals surface area contributed by atoms with E-state index in [1.54, 1.807) is 31.9 Å². The van der Waals surface area contributed by atoms with Crippen molar-refractivity contribution in [1.82, 2.24) is 4.90 Å². The number of likely N-dealkylation sites (N-methyl/N-ethyl adjacent to an activating group) is 1. The molecule has 1 aliphatic heterocycles. The van der Waals surface area contributed by atoms with Crippen LogP contribution in [0.3, 0.4) is 0 Å². The monoisotopic (exact) mass is 452 g/mol. The lowest BCUT2D eigenvalue weighted by atomic mass is 9.90. The molecule has 31 heavy (non-hydrogen) atoms. The Labute approximate surface area is 182 Å². The predicted octanol–water partition coefficient (Wildman–Crippen LogP) is 5.04. The van der Waals surface area contributed by atoms with Gasteiger partial charge in [-0.15, -0.1) is 0 Å². The van der Waals surface area contributed by atoms with Gasteiger partial charge in [0.2, 0.25) is 0 Å². The molecule has 170 valence electrons. The Balaban J connectivity index is 2.93. The van der Waals surface area contributed by atoms with Crippen molar-refractivity contribution in [2.24, 2.45) is 0 Å². The van der Waals surface area contributed by atoms with Crippen LogP contribution in [0.4, 0.5) is 5.69 Å². The van der Waals surface area contributed by atoms with E-state index in [0.29, 0.717) is 18.5 Å². The van der Waals surface area contributed by atoms with E-state index in [0.717, 1.165) is 0 Å². The summed E-state index contributed by atoms with van der Waals surface area (Å²) in [5.41, 5.74) is 0.590. The van der Waals surface area contributed by atoms with Crippen molar-refractivity contribution >= 4 is 24.8 Å². The molecule has 0 spiro atoms. The third kappa shape index (κ3) is 5.06. The van der Waals surface area contributed by atoms with Crippen LogP contribution in [0.5, 0.6) is 0 Å². The van der Waals surface area contributed by atoms with Crippen LogP contribution < -0.4 is 0 Å². The molecule has 0 fully saturated rings. The molecular weight excluding hydrogens is 423 g/mol. The Morgan fingerprint density at radius 2 is 1.84 bits per heavy atom. The minimum Gasteiger partial charge on any atom is -0.478 e. The lowest BCUT2D eigenvalue weighted by Crippen LogP contribution is -2.36. The number of aliphatic carboxylic acids is 1. The molecule has 0 aromatic heterocycles. The molecule has 0 amide bonds. The smallest absolute Gasteiger partial charge is 0.360 e. The standard InChI is InChI=1S/C21H29N2O7P/c1-6-11-29-31(28,30-12-7-2)20-15(4)22(5)14(3)18(21(24)25)19(20)16-9-8-10-17(13-16)23(26)27/h8-10,13,15H,6-7,11-12H2,1-5H3,(H,24,25). The fourth-order valence-corrected chi connectivity index (χ4v) is 5.81. The van der Waals surface area contributed by atoms with Gasteiger partial charge in [-0.05, 0) is 32.3 Å². The van der Waals surface area contributed by atoms with Crippen LogP contribution in [0.2, 0.25) is 0 Å². The van der Waals surface area contributed by atoms with Gasteiger partial charge < -0.3 is 19.1 Å². The number of carboxylic acids is 1. The van der Waals surface area contributed by atoms with Gasteiger partial charge in [0.1, 0.15) is 0 Å². The highest BCUT2D eigenvalue weighted by Crippen LogP contribution is 2.62. The molecule has 0 radical (unpaired) electrons. The molecule has 1 N–H and O–H groups in total. The number of rotatable bonds is 10. The molecule has 1 aromatic carbocycles. The molecule has 1 heterocycles. The molecule has 9 nitrogen and oxygen atoms in total. The van der Waals surface area contributed by atoms with Gasteiger partial charge in [0.05, 0.1) is 35.1 Å². The maximum Gasteiger partial charge on any atom is 0.360 e. The molecule has 1 aliphatic rings. The van der Waals surface area contributed by atoms with Crippen LogP contribution in [-0.4, -0.2) is 47.2 Å². The summed E-state index contributed by atoms with van der Waals surface area (Å²) in [6.45, 7) is 7.49. The van der Waals surface area contributed by atoms with Gasteiger partial charge in [-0.3, -0.25) is 14.7 Å². The third-order valence-electron chi connectivity index (χ3n) is 5.16. The highest BCUT2D eigenvalue weighted by molar-refractivity contribution is 7.59. The number of benzene rings is 1. The van der Waals surface area contributed by atoms with E-state index in [4.69, 9.17) is 9.05 Å². The van der Waals surface area contributed by atoms with Gasteiger partial charge in [0.15, 0.2) is 0 Å². The quantitative estimate of drug-likeness (QED) is 0.298. The number of nitro groups is 1. The van der Waals surface area contributed by atoms with Crippen molar-refractivity contribution in [2.45, 2.75) is 46.6 Å². The summed E-state index contributed by atoms with van der Waals surface area (Å²) in [5, 5.41) is 21.6. The molecule has 0 saturated carbocycles. The van der Waals surface area contributed by atoms with E-state index >= 15 is 0 Å². The minimum atomic E-state index is -3.91. The van der Waals surface area contributed by atoms with Crippen LogP contribution in [-0.2, 0) is 18.4 Å². The number of nitrogens with zero attached hydrogens (tertiary/aromatic N) is 2. The molecule has 0 aliphatic carbocycles. The molecular formula is C21H29N2O7P.